The van der Waals surface area contributed by atoms with Crippen molar-refractivity contribution in [2.75, 3.05) is 5.32 Å². The van der Waals surface area contributed by atoms with Crippen LogP contribution in [0.25, 0.3) is 0 Å². The van der Waals surface area contributed by atoms with Crippen LogP contribution in [0.4, 0.5) is 5.69 Å². The molecule has 0 spiro atoms. The molecule has 2 N–H and O–H groups in total. The van der Waals surface area contributed by atoms with E-state index in [9.17, 15) is 0 Å². The molecule has 2 nitrogen and oxygen atoms in total. The lowest BCUT2D eigenvalue weighted by atomic mass is 9.94. The Labute approximate surface area is 134 Å². The zero-order valence-electron chi connectivity index (χ0n) is 13.3. The van der Waals surface area contributed by atoms with Gasteiger partial charge in [-0.3, -0.25) is 0 Å². The lowest BCUT2D eigenvalue weighted by Crippen LogP contribution is -2.48. The first-order valence-electron chi connectivity index (χ1n) is 7.75. The van der Waals surface area contributed by atoms with Crippen molar-refractivity contribution in [2.45, 2.75) is 58.4 Å². The second-order valence-corrected chi connectivity index (χ2v) is 5.72. The molecule has 0 bridgehead atoms. The summed E-state index contributed by atoms with van der Waals surface area (Å²) < 4.78 is 0. The first-order chi connectivity index (χ1) is 10.1. The Morgan fingerprint density at radius 3 is 2.29 bits per heavy atom. The Morgan fingerprint density at radius 2 is 1.81 bits per heavy atom. The largest absolute Gasteiger partial charge is 0.346 e. The number of unbranched alkanes of at least 4 members (excludes halogenated alkanes) is 1. The monoisotopic (exact) mass is 302 g/mol. The molecule has 3 heteroatoms. The van der Waals surface area contributed by atoms with Gasteiger partial charge in [-0.2, -0.15) is 0 Å². The highest BCUT2D eigenvalue weighted by Gasteiger charge is 2.23. The number of hydrogen-bond acceptors (Lipinski definition) is 1. The number of aryl methyl sites for hydroxylation is 1. The van der Waals surface area contributed by atoms with E-state index >= 15 is 0 Å². The van der Waals surface area contributed by atoms with Gasteiger partial charge in [0, 0.05) is 5.69 Å². The predicted octanol–water partition coefficient (Wildman–Crippen LogP) is 4.51. The summed E-state index contributed by atoms with van der Waals surface area (Å²) >= 11 is 5.37. The maximum Gasteiger partial charge on any atom is 0.171 e. The number of terminal acetylenes is 1. The van der Waals surface area contributed by atoms with Gasteiger partial charge >= 0.3 is 0 Å². The highest BCUT2D eigenvalue weighted by atomic mass is 32.1. The van der Waals surface area contributed by atoms with E-state index < -0.39 is 0 Å². The molecule has 0 atom stereocenters. The molecular formula is C18H26N2S. The van der Waals surface area contributed by atoms with Crippen molar-refractivity contribution in [3.63, 3.8) is 0 Å². The van der Waals surface area contributed by atoms with Gasteiger partial charge in [0.15, 0.2) is 5.11 Å². The maximum absolute atomic E-state index is 5.64. The number of rotatable bonds is 7. The van der Waals surface area contributed by atoms with Gasteiger partial charge in [0.2, 0.25) is 0 Å². The van der Waals surface area contributed by atoms with Crippen molar-refractivity contribution in [3.8, 4) is 12.3 Å². The van der Waals surface area contributed by atoms with E-state index in [1.165, 1.54) is 18.4 Å². The van der Waals surface area contributed by atoms with Crippen LogP contribution in [0.1, 0.15) is 52.0 Å². The summed E-state index contributed by atoms with van der Waals surface area (Å²) in [5, 5.41) is 7.05. The Balaban J connectivity index is 2.61. The first kappa shape index (κ1) is 17.5. The van der Waals surface area contributed by atoms with Crippen LogP contribution in [0.5, 0.6) is 0 Å². The first-order valence-corrected chi connectivity index (χ1v) is 8.15. The van der Waals surface area contributed by atoms with Crippen LogP contribution in [0, 0.1) is 12.3 Å². The molecule has 114 valence electrons. The fourth-order valence-electron chi connectivity index (χ4n) is 2.18. The molecule has 0 unspecified atom stereocenters. The quantitative estimate of drug-likeness (QED) is 0.572. The second-order valence-electron chi connectivity index (χ2n) is 5.31. The van der Waals surface area contributed by atoms with Crippen molar-refractivity contribution >= 4 is 23.0 Å². The van der Waals surface area contributed by atoms with Gasteiger partial charge in [-0.1, -0.05) is 45.2 Å². The van der Waals surface area contributed by atoms with E-state index in [2.05, 4.69) is 61.6 Å². The van der Waals surface area contributed by atoms with Gasteiger partial charge in [0.05, 0.1) is 5.54 Å². The third-order valence-corrected chi connectivity index (χ3v) is 4.07. The van der Waals surface area contributed by atoms with Crippen LogP contribution in [0.15, 0.2) is 24.3 Å². The Bertz CT molecular complexity index is 481. The smallest absolute Gasteiger partial charge is 0.171 e. The molecule has 0 fully saturated rings. The molecule has 0 saturated carbocycles. The van der Waals surface area contributed by atoms with Crippen molar-refractivity contribution in [1.29, 1.82) is 0 Å². The number of thiocarbonyl (C=S) groups is 1. The lowest BCUT2D eigenvalue weighted by molar-refractivity contribution is 0.461. The molecular weight excluding hydrogens is 276 g/mol. The number of hydrogen-bond donors (Lipinski definition) is 2. The van der Waals surface area contributed by atoms with Crippen LogP contribution < -0.4 is 10.6 Å². The normalized spacial score (nSPS) is 10.8. The van der Waals surface area contributed by atoms with Crippen LogP contribution >= 0.6 is 12.2 Å². The van der Waals surface area contributed by atoms with E-state index in [4.69, 9.17) is 18.6 Å². The fourth-order valence-corrected chi connectivity index (χ4v) is 2.50. The standard InChI is InChI=1S/C18H26N2S/c1-5-9-10-15-11-13-16(14-12-15)19-17(21)20-18(6-2,7-3)8-4/h2,11-14H,5,7-10H2,1,3-4H3,(H2,19,20,21). The minimum absolute atomic E-state index is 0.356. The van der Waals surface area contributed by atoms with Crippen molar-refractivity contribution in [3.05, 3.63) is 29.8 Å². The molecule has 0 aliphatic rings. The third kappa shape index (κ3) is 5.40. The second kappa shape index (κ2) is 8.69. The van der Waals surface area contributed by atoms with Crippen LogP contribution in [0.2, 0.25) is 0 Å². The van der Waals surface area contributed by atoms with Gasteiger partial charge in [-0.25, -0.2) is 0 Å². The van der Waals surface area contributed by atoms with Gasteiger partial charge in [-0.05, 0) is 55.6 Å². The maximum atomic E-state index is 5.64. The zero-order valence-corrected chi connectivity index (χ0v) is 14.1. The number of anilines is 1. The molecule has 0 aromatic heterocycles. The van der Waals surface area contributed by atoms with Gasteiger partial charge < -0.3 is 10.6 Å². The van der Waals surface area contributed by atoms with Gasteiger partial charge in [0.25, 0.3) is 0 Å². The summed E-state index contributed by atoms with van der Waals surface area (Å²) in [6, 6.07) is 8.42. The SMILES string of the molecule is C#CC(CC)(CC)NC(=S)Nc1ccc(CCCC)cc1. The number of nitrogens with one attached hydrogen (secondary N) is 2. The minimum Gasteiger partial charge on any atom is -0.346 e. The summed E-state index contributed by atoms with van der Waals surface area (Å²) in [7, 11) is 0. The summed E-state index contributed by atoms with van der Waals surface area (Å²) in [6.45, 7) is 6.35. The molecule has 1 rings (SSSR count). The molecule has 0 aliphatic carbocycles. The van der Waals surface area contributed by atoms with E-state index in [0.29, 0.717) is 5.11 Å². The summed E-state index contributed by atoms with van der Waals surface area (Å²) in [5.74, 6) is 2.83. The van der Waals surface area contributed by atoms with E-state index in [-0.39, 0.29) is 5.54 Å². The Kier molecular flexibility index (Phi) is 7.25. The van der Waals surface area contributed by atoms with Gasteiger partial charge in [0.1, 0.15) is 0 Å². The zero-order chi connectivity index (χ0) is 15.7. The average Bonchev–Trinajstić information content (AvgIpc) is 2.52. The molecule has 1 aromatic carbocycles. The predicted molar refractivity (Wildman–Crippen MR) is 96.6 cm³/mol. The minimum atomic E-state index is -0.356. The summed E-state index contributed by atoms with van der Waals surface area (Å²) in [5.41, 5.74) is 2.00. The molecule has 0 aliphatic heterocycles. The average molecular weight is 302 g/mol. The summed E-state index contributed by atoms with van der Waals surface area (Å²) in [6.07, 6.45) is 10.9. The Hall–Kier alpha value is -1.53. The Morgan fingerprint density at radius 1 is 1.19 bits per heavy atom. The van der Waals surface area contributed by atoms with Crippen LogP contribution in [-0.4, -0.2) is 10.7 Å². The van der Waals surface area contributed by atoms with Crippen LogP contribution in [0.3, 0.4) is 0 Å². The van der Waals surface area contributed by atoms with Crippen molar-refractivity contribution in [1.82, 2.24) is 5.32 Å². The fraction of sp³-hybridized carbons (Fsp3) is 0.500. The van der Waals surface area contributed by atoms with Crippen LogP contribution in [-0.2, 0) is 6.42 Å². The lowest BCUT2D eigenvalue weighted by Gasteiger charge is -2.28. The molecule has 0 radical (unpaired) electrons. The number of benzene rings is 1. The molecule has 21 heavy (non-hydrogen) atoms. The van der Waals surface area contributed by atoms with Gasteiger partial charge in [-0.15, -0.1) is 6.42 Å². The highest BCUT2D eigenvalue weighted by molar-refractivity contribution is 7.80. The van der Waals surface area contributed by atoms with E-state index in [1.807, 2.05) is 0 Å². The van der Waals surface area contributed by atoms with E-state index in [1.54, 1.807) is 0 Å². The van der Waals surface area contributed by atoms with E-state index in [0.717, 1.165) is 24.9 Å². The highest BCUT2D eigenvalue weighted by Crippen LogP contribution is 2.15. The molecule has 0 saturated heterocycles. The van der Waals surface area contributed by atoms with Crippen molar-refractivity contribution < 1.29 is 0 Å². The molecule has 0 amide bonds. The third-order valence-electron chi connectivity index (χ3n) is 3.87. The van der Waals surface area contributed by atoms with Crippen molar-refractivity contribution in [2.24, 2.45) is 0 Å². The topological polar surface area (TPSA) is 24.1 Å². The molecule has 0 heterocycles. The summed E-state index contributed by atoms with van der Waals surface area (Å²) in [4.78, 5) is 0. The molecule has 1 aromatic rings.